The lowest BCUT2D eigenvalue weighted by molar-refractivity contribution is -0.139. The van der Waals surface area contributed by atoms with Gasteiger partial charge in [0.15, 0.2) is 16.3 Å². The van der Waals surface area contributed by atoms with Crippen LogP contribution in [0.5, 0.6) is 11.5 Å². The number of esters is 1. The molecule has 1 aliphatic rings. The maximum atomic E-state index is 13.9. The minimum atomic E-state index is -0.818. The third-order valence-corrected chi connectivity index (χ3v) is 8.54. The fourth-order valence-corrected chi connectivity index (χ4v) is 6.32. The predicted octanol–water partition coefficient (Wildman–Crippen LogP) is 5.60. The minimum Gasteiger partial charge on any atom is -0.493 e. The van der Waals surface area contributed by atoms with Crippen LogP contribution in [-0.2, 0) is 9.53 Å². The molecule has 2 aromatic heterocycles. The number of methoxy groups -OCH3 is 2. The molecule has 0 N–H and O–H groups in total. The van der Waals surface area contributed by atoms with Crippen LogP contribution in [0.15, 0.2) is 83.0 Å². The molecule has 206 valence electrons. The Morgan fingerprint density at radius 2 is 1.80 bits per heavy atom. The number of rotatable bonds is 7. The lowest BCUT2D eigenvalue weighted by Crippen LogP contribution is -2.40. The van der Waals surface area contributed by atoms with Crippen LogP contribution in [0.1, 0.15) is 31.2 Å². The van der Waals surface area contributed by atoms with Crippen LogP contribution >= 0.6 is 43.2 Å². The van der Waals surface area contributed by atoms with Gasteiger partial charge in [-0.25, -0.2) is 9.79 Å². The van der Waals surface area contributed by atoms with Crippen LogP contribution in [-0.4, -0.2) is 31.4 Å². The first kappa shape index (κ1) is 28.1. The Hall–Kier alpha value is -3.41. The van der Waals surface area contributed by atoms with E-state index in [1.807, 2.05) is 36.4 Å². The third kappa shape index (κ3) is 5.21. The van der Waals surface area contributed by atoms with Crippen molar-refractivity contribution in [1.82, 2.24) is 4.57 Å². The number of ether oxygens (including phenoxy) is 3. The summed E-state index contributed by atoms with van der Waals surface area (Å²) in [4.78, 5) is 32.2. The zero-order chi connectivity index (χ0) is 28.6. The van der Waals surface area contributed by atoms with Crippen LogP contribution < -0.4 is 24.4 Å². The molecule has 3 heterocycles. The van der Waals surface area contributed by atoms with Crippen molar-refractivity contribution in [3.8, 4) is 22.8 Å². The number of furan rings is 1. The third-order valence-electron chi connectivity index (χ3n) is 6.34. The maximum Gasteiger partial charge on any atom is 0.338 e. The van der Waals surface area contributed by atoms with Crippen molar-refractivity contribution in [3.63, 3.8) is 0 Å². The Balaban J connectivity index is 1.68. The lowest BCUT2D eigenvalue weighted by Gasteiger charge is -2.26. The topological polar surface area (TPSA) is 92.3 Å². The fraction of sp³-hybridized carbons (Fsp3) is 0.207. The van der Waals surface area contributed by atoms with E-state index in [0.29, 0.717) is 48.1 Å². The molecule has 1 atom stereocenters. The van der Waals surface area contributed by atoms with Gasteiger partial charge in [-0.15, -0.1) is 0 Å². The first-order valence-corrected chi connectivity index (χ1v) is 14.6. The summed E-state index contributed by atoms with van der Waals surface area (Å²) >= 11 is 8.27. The standard InChI is InChI=1S/C29H24Br2N2O6S/c1-5-38-28(35)25-15(2)32-29-33(26(25)19-13-22(36-3)23(37-4)14-20(19)31)27(34)24(40-29)12-18-10-11-21(39-18)16-6-8-17(30)9-7-16/h6-14,26H,5H2,1-4H3/b24-12-/t26-/m0/s1. The molecule has 11 heteroatoms. The van der Waals surface area contributed by atoms with Crippen molar-refractivity contribution in [2.24, 2.45) is 4.99 Å². The van der Waals surface area contributed by atoms with Gasteiger partial charge < -0.3 is 18.6 Å². The Bertz CT molecular complexity index is 1820. The van der Waals surface area contributed by atoms with E-state index >= 15 is 0 Å². The summed E-state index contributed by atoms with van der Waals surface area (Å²) in [6.45, 7) is 3.65. The Kier molecular flexibility index (Phi) is 8.16. The zero-order valence-electron chi connectivity index (χ0n) is 22.0. The number of hydrogen-bond acceptors (Lipinski definition) is 8. The highest BCUT2D eigenvalue weighted by atomic mass is 79.9. The Morgan fingerprint density at radius 3 is 2.48 bits per heavy atom. The highest BCUT2D eigenvalue weighted by Gasteiger charge is 2.35. The average molecular weight is 688 g/mol. The molecule has 1 aliphatic heterocycles. The van der Waals surface area contributed by atoms with Crippen molar-refractivity contribution in [2.45, 2.75) is 19.9 Å². The number of nitrogens with zero attached hydrogens (tertiary/aromatic N) is 2. The second kappa shape index (κ2) is 11.6. The summed E-state index contributed by atoms with van der Waals surface area (Å²) in [7, 11) is 3.07. The quantitative estimate of drug-likeness (QED) is 0.235. The zero-order valence-corrected chi connectivity index (χ0v) is 26.0. The fourth-order valence-electron chi connectivity index (χ4n) is 4.49. The molecule has 4 aromatic rings. The molecule has 0 aliphatic carbocycles. The van der Waals surface area contributed by atoms with E-state index < -0.39 is 12.0 Å². The molecule has 0 saturated heterocycles. The molecule has 0 amide bonds. The van der Waals surface area contributed by atoms with Gasteiger partial charge in [-0.05, 0) is 55.8 Å². The average Bonchev–Trinajstić information content (AvgIpc) is 3.52. The summed E-state index contributed by atoms with van der Waals surface area (Å²) in [5.74, 6) is 1.61. The van der Waals surface area contributed by atoms with Crippen molar-refractivity contribution in [1.29, 1.82) is 0 Å². The highest BCUT2D eigenvalue weighted by Crippen LogP contribution is 2.40. The number of thiazole rings is 1. The minimum absolute atomic E-state index is 0.180. The van der Waals surface area contributed by atoms with Gasteiger partial charge in [0.05, 0.1) is 42.7 Å². The van der Waals surface area contributed by atoms with Gasteiger partial charge in [-0.3, -0.25) is 9.36 Å². The van der Waals surface area contributed by atoms with E-state index in [4.69, 9.17) is 18.6 Å². The summed E-state index contributed by atoms with van der Waals surface area (Å²) in [6, 6.07) is 14.1. The van der Waals surface area contributed by atoms with Gasteiger partial charge in [0.25, 0.3) is 5.56 Å². The van der Waals surface area contributed by atoms with Crippen LogP contribution in [0.2, 0.25) is 0 Å². The van der Waals surface area contributed by atoms with Crippen molar-refractivity contribution < 1.29 is 23.4 Å². The lowest BCUT2D eigenvalue weighted by atomic mass is 9.95. The summed E-state index contributed by atoms with van der Waals surface area (Å²) < 4.78 is 25.9. The van der Waals surface area contributed by atoms with E-state index in [0.717, 1.165) is 10.0 Å². The summed E-state index contributed by atoms with van der Waals surface area (Å²) in [6.07, 6.45) is 1.69. The van der Waals surface area contributed by atoms with E-state index in [1.54, 1.807) is 32.1 Å². The van der Waals surface area contributed by atoms with Gasteiger partial charge in [-0.2, -0.15) is 0 Å². The Morgan fingerprint density at radius 1 is 1.10 bits per heavy atom. The van der Waals surface area contributed by atoms with E-state index in [9.17, 15) is 9.59 Å². The van der Waals surface area contributed by atoms with Gasteiger partial charge in [0.2, 0.25) is 0 Å². The number of fused-ring (bicyclic) bond motifs is 1. The van der Waals surface area contributed by atoms with Gasteiger partial charge >= 0.3 is 5.97 Å². The van der Waals surface area contributed by atoms with Crippen molar-refractivity contribution in [3.05, 3.63) is 99.8 Å². The molecule has 0 saturated carbocycles. The second-order valence-electron chi connectivity index (χ2n) is 8.74. The van der Waals surface area contributed by atoms with Gasteiger partial charge in [0.1, 0.15) is 11.5 Å². The number of hydrogen-bond donors (Lipinski definition) is 0. The predicted molar refractivity (Wildman–Crippen MR) is 159 cm³/mol. The summed E-state index contributed by atoms with van der Waals surface area (Å²) in [5, 5.41) is 0. The van der Waals surface area contributed by atoms with E-state index in [2.05, 4.69) is 36.9 Å². The molecule has 8 nitrogen and oxygen atoms in total. The number of aromatic nitrogens is 1. The van der Waals surface area contributed by atoms with Gasteiger partial charge in [-0.1, -0.05) is 55.3 Å². The number of benzene rings is 2. The molecule has 0 radical (unpaired) electrons. The SMILES string of the molecule is CCOC(=O)C1=C(C)N=c2s/c(=C\c3ccc(-c4ccc(Br)cc4)o3)c(=O)n2[C@H]1c1cc(OC)c(OC)cc1Br. The molecular formula is C29H24Br2N2O6S. The Labute approximate surface area is 250 Å². The smallest absolute Gasteiger partial charge is 0.338 e. The first-order chi connectivity index (χ1) is 19.2. The number of carbonyl (C=O) groups excluding carboxylic acids is 1. The molecule has 5 rings (SSSR count). The van der Waals surface area contributed by atoms with E-state index in [-0.39, 0.29) is 17.7 Å². The largest absolute Gasteiger partial charge is 0.493 e. The molecule has 0 unspecified atom stereocenters. The van der Waals surface area contributed by atoms with Gasteiger partial charge in [0, 0.05) is 20.6 Å². The van der Waals surface area contributed by atoms with Crippen molar-refractivity contribution >= 4 is 55.2 Å². The van der Waals surface area contributed by atoms with Crippen LogP contribution in [0.3, 0.4) is 0 Å². The molecule has 0 bridgehead atoms. The van der Waals surface area contributed by atoms with Crippen LogP contribution in [0.4, 0.5) is 0 Å². The number of halogens is 2. The first-order valence-electron chi connectivity index (χ1n) is 12.2. The van der Waals surface area contributed by atoms with Crippen LogP contribution in [0, 0.1) is 0 Å². The van der Waals surface area contributed by atoms with Crippen LogP contribution in [0.25, 0.3) is 17.4 Å². The monoisotopic (exact) mass is 686 g/mol. The maximum absolute atomic E-state index is 13.9. The molecule has 0 spiro atoms. The van der Waals surface area contributed by atoms with E-state index in [1.165, 1.54) is 30.1 Å². The molecule has 2 aromatic carbocycles. The normalized spacial score (nSPS) is 15.1. The molecular weight excluding hydrogens is 664 g/mol. The number of allylic oxidation sites excluding steroid dienone is 1. The highest BCUT2D eigenvalue weighted by molar-refractivity contribution is 9.10. The second-order valence-corrected chi connectivity index (χ2v) is 11.5. The number of carbonyl (C=O) groups is 1. The summed E-state index contributed by atoms with van der Waals surface area (Å²) in [5.41, 5.74) is 1.96. The molecule has 40 heavy (non-hydrogen) atoms. The van der Waals surface area contributed by atoms with Crippen molar-refractivity contribution in [2.75, 3.05) is 20.8 Å². The molecule has 0 fully saturated rings.